The molecule has 2 heterocycles. The number of anilines is 1. The van der Waals surface area contributed by atoms with Gasteiger partial charge in [-0.3, -0.25) is 4.90 Å². The Balaban J connectivity index is 1.27. The molecule has 4 rings (SSSR count). The van der Waals surface area contributed by atoms with Crippen molar-refractivity contribution in [3.05, 3.63) is 54.5 Å². The number of hydrogen-bond acceptors (Lipinski definition) is 5. The van der Waals surface area contributed by atoms with Gasteiger partial charge in [-0.1, -0.05) is 30.3 Å². The number of aromatic nitrogens is 3. The topological polar surface area (TPSA) is 58.0 Å². The van der Waals surface area contributed by atoms with Gasteiger partial charge in [0.2, 0.25) is 0 Å². The molecule has 0 amide bonds. The molecule has 3 aromatic rings. The average molecular weight is 489 g/mol. The molecule has 2 unspecified atom stereocenters. The number of benzene rings is 1. The van der Waals surface area contributed by atoms with E-state index in [0.717, 1.165) is 55.6 Å². The van der Waals surface area contributed by atoms with Crippen molar-refractivity contribution in [1.82, 2.24) is 24.8 Å². The molecule has 6 nitrogen and oxygen atoms in total. The zero-order valence-corrected chi connectivity index (χ0v) is 20.3. The van der Waals surface area contributed by atoms with E-state index < -0.39 is 12.7 Å². The SMILES string of the molecule is CNc1ncnc2c1ccn2C1CCC(CN(CCCNCCc2ccccc2)CC(F)(F)F)C1. The largest absolute Gasteiger partial charge is 0.401 e. The van der Waals surface area contributed by atoms with E-state index in [9.17, 15) is 13.2 Å². The van der Waals surface area contributed by atoms with E-state index in [-0.39, 0.29) is 12.0 Å². The lowest BCUT2D eigenvalue weighted by Gasteiger charge is -2.27. The van der Waals surface area contributed by atoms with Crippen LogP contribution in [-0.2, 0) is 6.42 Å². The summed E-state index contributed by atoms with van der Waals surface area (Å²) in [5.74, 6) is 1.04. The molecule has 2 atom stereocenters. The minimum atomic E-state index is -4.18. The third-order valence-corrected chi connectivity index (χ3v) is 6.83. The van der Waals surface area contributed by atoms with Crippen LogP contribution in [0.1, 0.15) is 37.3 Å². The number of rotatable bonds is 12. The first-order chi connectivity index (χ1) is 16.9. The number of hydrogen-bond donors (Lipinski definition) is 2. The predicted octanol–water partition coefficient (Wildman–Crippen LogP) is 4.90. The number of alkyl halides is 3. The maximum absolute atomic E-state index is 13.3. The van der Waals surface area contributed by atoms with Gasteiger partial charge in [0, 0.05) is 25.8 Å². The highest BCUT2D eigenvalue weighted by Gasteiger charge is 2.34. The second kappa shape index (κ2) is 11.9. The molecule has 2 aromatic heterocycles. The van der Waals surface area contributed by atoms with Crippen LogP contribution in [0.3, 0.4) is 0 Å². The number of nitrogens with zero attached hydrogens (tertiary/aromatic N) is 4. The zero-order valence-electron chi connectivity index (χ0n) is 20.3. The summed E-state index contributed by atoms with van der Waals surface area (Å²) in [6, 6.07) is 12.5. The van der Waals surface area contributed by atoms with E-state index in [4.69, 9.17) is 0 Å². The molecule has 190 valence electrons. The highest BCUT2D eigenvalue weighted by Crippen LogP contribution is 2.37. The molecule has 1 fully saturated rings. The number of halogens is 3. The number of fused-ring (bicyclic) bond motifs is 1. The standard InChI is InChI=1S/C26H35F3N6/c1-30-24-23-11-15-35(25(23)33-19-32-24)22-9-8-21(16-22)17-34(18-26(27,28)29)14-5-12-31-13-10-20-6-3-2-4-7-20/h2-4,6-7,11,15,19,21-22,31H,5,8-10,12-14,16-18H2,1H3,(H,30,32,33). The van der Waals surface area contributed by atoms with E-state index >= 15 is 0 Å². The van der Waals surface area contributed by atoms with Gasteiger partial charge in [-0.2, -0.15) is 13.2 Å². The van der Waals surface area contributed by atoms with Crippen LogP contribution in [0.5, 0.6) is 0 Å². The van der Waals surface area contributed by atoms with Crippen LogP contribution in [0, 0.1) is 5.92 Å². The molecule has 0 radical (unpaired) electrons. The third-order valence-electron chi connectivity index (χ3n) is 6.83. The monoisotopic (exact) mass is 488 g/mol. The molecular formula is C26H35F3N6. The first-order valence-corrected chi connectivity index (χ1v) is 12.5. The van der Waals surface area contributed by atoms with Crippen molar-refractivity contribution in [2.45, 2.75) is 44.3 Å². The van der Waals surface area contributed by atoms with Gasteiger partial charge in [-0.05, 0) is 69.3 Å². The Morgan fingerprint density at radius 3 is 2.69 bits per heavy atom. The lowest BCUT2D eigenvalue weighted by atomic mass is 10.1. The van der Waals surface area contributed by atoms with Crippen LogP contribution >= 0.6 is 0 Å². The third kappa shape index (κ3) is 7.18. The summed E-state index contributed by atoms with van der Waals surface area (Å²) in [6.07, 6.45) is 3.77. The quantitative estimate of drug-likeness (QED) is 0.355. The average Bonchev–Trinajstić information content (AvgIpc) is 3.47. The molecule has 35 heavy (non-hydrogen) atoms. The van der Waals surface area contributed by atoms with Crippen molar-refractivity contribution in [3.8, 4) is 0 Å². The Labute approximate surface area is 204 Å². The molecule has 1 aliphatic carbocycles. The van der Waals surface area contributed by atoms with Gasteiger partial charge in [0.15, 0.2) is 0 Å². The predicted molar refractivity (Wildman–Crippen MR) is 134 cm³/mol. The van der Waals surface area contributed by atoms with E-state index in [1.165, 1.54) is 5.56 Å². The van der Waals surface area contributed by atoms with Gasteiger partial charge in [0.25, 0.3) is 0 Å². The van der Waals surface area contributed by atoms with Gasteiger partial charge >= 0.3 is 6.18 Å². The van der Waals surface area contributed by atoms with Crippen molar-refractivity contribution in [2.75, 3.05) is 45.1 Å². The summed E-state index contributed by atoms with van der Waals surface area (Å²) in [7, 11) is 1.83. The maximum Gasteiger partial charge on any atom is 0.401 e. The zero-order chi connectivity index (χ0) is 24.7. The molecule has 1 saturated carbocycles. The summed E-state index contributed by atoms with van der Waals surface area (Å²) in [4.78, 5) is 10.3. The Kier molecular flexibility index (Phi) is 8.62. The van der Waals surface area contributed by atoms with Gasteiger partial charge in [-0.15, -0.1) is 0 Å². The molecule has 9 heteroatoms. The van der Waals surface area contributed by atoms with Crippen molar-refractivity contribution in [1.29, 1.82) is 0 Å². The second-order valence-corrected chi connectivity index (χ2v) is 9.45. The van der Waals surface area contributed by atoms with Gasteiger partial charge in [0.1, 0.15) is 17.8 Å². The summed E-state index contributed by atoms with van der Waals surface area (Å²) in [5, 5.41) is 7.43. The molecule has 1 aliphatic rings. The van der Waals surface area contributed by atoms with Crippen LogP contribution in [0.25, 0.3) is 11.0 Å². The smallest absolute Gasteiger partial charge is 0.372 e. The fourth-order valence-corrected chi connectivity index (χ4v) is 5.22. The summed E-state index contributed by atoms with van der Waals surface area (Å²) >= 11 is 0. The summed E-state index contributed by atoms with van der Waals surface area (Å²) in [6.45, 7) is 1.64. The van der Waals surface area contributed by atoms with E-state index in [1.54, 1.807) is 11.2 Å². The number of nitrogens with one attached hydrogen (secondary N) is 2. The Bertz CT molecular complexity index is 1050. The van der Waals surface area contributed by atoms with E-state index in [1.807, 2.05) is 37.5 Å². The molecule has 0 bridgehead atoms. The van der Waals surface area contributed by atoms with E-state index in [2.05, 4.69) is 37.3 Å². The highest BCUT2D eigenvalue weighted by molar-refractivity contribution is 5.87. The summed E-state index contributed by atoms with van der Waals surface area (Å²) < 4.78 is 42.0. The first-order valence-electron chi connectivity index (χ1n) is 12.5. The first kappa shape index (κ1) is 25.4. The van der Waals surface area contributed by atoms with Crippen LogP contribution in [0.15, 0.2) is 48.9 Å². The molecule has 1 aromatic carbocycles. The second-order valence-electron chi connectivity index (χ2n) is 9.45. The van der Waals surface area contributed by atoms with Gasteiger partial charge < -0.3 is 15.2 Å². The molecule has 0 aliphatic heterocycles. The molecule has 0 spiro atoms. The van der Waals surface area contributed by atoms with Gasteiger partial charge in [0.05, 0.1) is 11.9 Å². The Morgan fingerprint density at radius 1 is 1.09 bits per heavy atom. The van der Waals surface area contributed by atoms with Crippen LogP contribution in [0.2, 0.25) is 0 Å². The van der Waals surface area contributed by atoms with E-state index in [0.29, 0.717) is 19.5 Å². The maximum atomic E-state index is 13.3. The fraction of sp³-hybridized carbons (Fsp3) is 0.538. The fourth-order valence-electron chi connectivity index (χ4n) is 5.22. The van der Waals surface area contributed by atoms with Crippen molar-refractivity contribution in [3.63, 3.8) is 0 Å². The van der Waals surface area contributed by atoms with Crippen LogP contribution in [-0.4, -0.2) is 65.4 Å². The Morgan fingerprint density at radius 2 is 1.91 bits per heavy atom. The normalized spacial score (nSPS) is 18.5. The summed E-state index contributed by atoms with van der Waals surface area (Å²) in [5.41, 5.74) is 2.14. The molecular weight excluding hydrogens is 453 g/mol. The van der Waals surface area contributed by atoms with Crippen LogP contribution < -0.4 is 10.6 Å². The van der Waals surface area contributed by atoms with Crippen molar-refractivity contribution < 1.29 is 13.2 Å². The Hall–Kier alpha value is -2.65. The minimum absolute atomic E-state index is 0.247. The molecule has 0 saturated heterocycles. The van der Waals surface area contributed by atoms with Crippen LogP contribution in [0.4, 0.5) is 19.0 Å². The minimum Gasteiger partial charge on any atom is -0.372 e. The van der Waals surface area contributed by atoms with Gasteiger partial charge in [-0.25, -0.2) is 9.97 Å². The van der Waals surface area contributed by atoms with Crippen molar-refractivity contribution in [2.24, 2.45) is 5.92 Å². The highest BCUT2D eigenvalue weighted by atomic mass is 19.4. The lowest BCUT2D eigenvalue weighted by Crippen LogP contribution is -2.38. The lowest BCUT2D eigenvalue weighted by molar-refractivity contribution is -0.147. The van der Waals surface area contributed by atoms with Crippen molar-refractivity contribution >= 4 is 16.9 Å². The molecule has 2 N–H and O–H groups in total.